The lowest BCUT2D eigenvalue weighted by molar-refractivity contribution is -0.137. The molecule has 0 fully saturated rings. The Morgan fingerprint density at radius 3 is 2.34 bits per heavy atom. The average Bonchev–Trinajstić information content (AvgIpc) is 3.34. The minimum Gasteiger partial charge on any atom is -0.497 e. The first-order valence-corrected chi connectivity index (χ1v) is 10.4. The summed E-state index contributed by atoms with van der Waals surface area (Å²) in [5.41, 5.74) is 4.18. The van der Waals surface area contributed by atoms with Gasteiger partial charge in [0, 0.05) is 12.2 Å². The maximum absolute atomic E-state index is 13.6. The van der Waals surface area contributed by atoms with Crippen molar-refractivity contribution in [2.24, 2.45) is 0 Å². The molecule has 2 aliphatic rings. The zero-order valence-corrected chi connectivity index (χ0v) is 17.5. The van der Waals surface area contributed by atoms with Gasteiger partial charge in [-0.25, -0.2) is 4.39 Å². The zero-order chi connectivity index (χ0) is 22.2. The van der Waals surface area contributed by atoms with Crippen LogP contribution in [0.1, 0.15) is 16.7 Å². The molecule has 2 heterocycles. The van der Waals surface area contributed by atoms with Crippen molar-refractivity contribution in [3.05, 3.63) is 101 Å². The van der Waals surface area contributed by atoms with E-state index in [1.54, 1.807) is 43.5 Å². The second kappa shape index (κ2) is 7.96. The number of methoxy groups -OCH3 is 1. The molecule has 0 bridgehead atoms. The van der Waals surface area contributed by atoms with Crippen molar-refractivity contribution in [2.75, 3.05) is 18.6 Å². The van der Waals surface area contributed by atoms with Crippen molar-refractivity contribution in [2.45, 2.75) is 13.0 Å². The molecule has 0 spiro atoms. The Labute approximate surface area is 185 Å². The smallest absolute Gasteiger partial charge is 0.278 e. The molecule has 3 aromatic rings. The topological polar surface area (TPSA) is 49.9 Å². The van der Waals surface area contributed by atoms with Crippen LogP contribution >= 0.6 is 0 Å². The third-order valence-electron chi connectivity index (χ3n) is 5.93. The van der Waals surface area contributed by atoms with Gasteiger partial charge < -0.3 is 9.64 Å². The summed E-state index contributed by atoms with van der Waals surface area (Å²) in [6.07, 6.45) is 0.801. The number of hydrogen-bond acceptors (Lipinski definition) is 4. The normalized spacial score (nSPS) is 15.6. The number of hydrogen-bond donors (Lipinski definition) is 0. The van der Waals surface area contributed by atoms with Crippen molar-refractivity contribution in [1.82, 2.24) is 4.90 Å². The summed E-state index contributed by atoms with van der Waals surface area (Å²) in [7, 11) is 1.58. The van der Waals surface area contributed by atoms with Crippen molar-refractivity contribution in [3.8, 4) is 5.75 Å². The first kappa shape index (κ1) is 20.0. The lowest BCUT2D eigenvalue weighted by atomic mass is 10.0. The third-order valence-corrected chi connectivity index (χ3v) is 5.93. The molecule has 0 radical (unpaired) electrons. The van der Waals surface area contributed by atoms with Gasteiger partial charge in [-0.1, -0.05) is 42.5 Å². The number of carbonyl (C=O) groups excluding carboxylic acids is 2. The van der Waals surface area contributed by atoms with E-state index in [0.717, 1.165) is 17.7 Å². The predicted molar refractivity (Wildman–Crippen MR) is 119 cm³/mol. The highest BCUT2D eigenvalue weighted by atomic mass is 19.1. The van der Waals surface area contributed by atoms with Crippen LogP contribution in [0.5, 0.6) is 5.75 Å². The fourth-order valence-corrected chi connectivity index (χ4v) is 4.32. The highest BCUT2D eigenvalue weighted by Crippen LogP contribution is 2.39. The second-order valence-electron chi connectivity index (χ2n) is 7.81. The monoisotopic (exact) mass is 428 g/mol. The molecule has 0 aliphatic carbocycles. The van der Waals surface area contributed by atoms with E-state index in [0.29, 0.717) is 34.7 Å². The van der Waals surface area contributed by atoms with Crippen LogP contribution in [-0.2, 0) is 22.6 Å². The van der Waals surface area contributed by atoms with Crippen LogP contribution in [0.2, 0.25) is 0 Å². The number of carbonyl (C=O) groups is 2. The van der Waals surface area contributed by atoms with Crippen molar-refractivity contribution in [1.29, 1.82) is 0 Å². The Balaban J connectivity index is 1.59. The molecule has 0 saturated heterocycles. The Morgan fingerprint density at radius 2 is 1.62 bits per heavy atom. The van der Waals surface area contributed by atoms with Gasteiger partial charge in [0.2, 0.25) is 0 Å². The zero-order valence-electron chi connectivity index (χ0n) is 17.5. The molecule has 160 valence electrons. The number of para-hydroxylation sites is 1. The fraction of sp³-hybridized carbons (Fsp3) is 0.154. The maximum atomic E-state index is 13.6. The van der Waals surface area contributed by atoms with Gasteiger partial charge in [-0.2, -0.15) is 0 Å². The highest BCUT2D eigenvalue weighted by molar-refractivity contribution is 6.36. The number of rotatable bonds is 5. The van der Waals surface area contributed by atoms with Gasteiger partial charge in [-0.05, 0) is 53.4 Å². The van der Waals surface area contributed by atoms with Gasteiger partial charge in [-0.3, -0.25) is 14.5 Å². The molecule has 5 nitrogen and oxygen atoms in total. The summed E-state index contributed by atoms with van der Waals surface area (Å²) in [5.74, 6) is -0.396. The van der Waals surface area contributed by atoms with Crippen LogP contribution < -0.4 is 9.64 Å². The number of nitrogens with zero attached hydrogens (tertiary/aromatic N) is 2. The van der Waals surface area contributed by atoms with Crippen molar-refractivity contribution in [3.63, 3.8) is 0 Å². The van der Waals surface area contributed by atoms with Gasteiger partial charge in [0.1, 0.15) is 17.3 Å². The molecule has 6 heteroatoms. The largest absolute Gasteiger partial charge is 0.497 e. The van der Waals surface area contributed by atoms with Gasteiger partial charge in [0.15, 0.2) is 0 Å². The average molecular weight is 428 g/mol. The number of amides is 2. The molecule has 0 unspecified atom stereocenters. The number of halogens is 1. The predicted octanol–water partition coefficient (Wildman–Crippen LogP) is 4.18. The quantitative estimate of drug-likeness (QED) is 0.572. The summed E-state index contributed by atoms with van der Waals surface area (Å²) in [4.78, 5) is 30.3. The molecule has 32 heavy (non-hydrogen) atoms. The second-order valence-corrected chi connectivity index (χ2v) is 7.81. The number of fused-ring (bicyclic) bond motifs is 1. The van der Waals surface area contributed by atoms with Crippen LogP contribution in [0.3, 0.4) is 0 Å². The van der Waals surface area contributed by atoms with E-state index in [1.165, 1.54) is 17.0 Å². The summed E-state index contributed by atoms with van der Waals surface area (Å²) in [6.45, 7) is 0.703. The van der Waals surface area contributed by atoms with E-state index in [1.807, 2.05) is 29.2 Å². The lowest BCUT2D eigenvalue weighted by Crippen LogP contribution is -2.34. The fourth-order valence-electron chi connectivity index (χ4n) is 4.32. The molecular formula is C26H21FN2O3. The maximum Gasteiger partial charge on any atom is 0.278 e. The molecule has 0 N–H and O–H groups in total. The SMILES string of the molecule is COc1ccc(C2=C(N3CCc4ccccc43)C(=O)N(Cc3ccc(F)cc3)C2=O)cc1. The van der Waals surface area contributed by atoms with E-state index in [9.17, 15) is 14.0 Å². The van der Waals surface area contributed by atoms with E-state index in [-0.39, 0.29) is 24.2 Å². The van der Waals surface area contributed by atoms with Gasteiger partial charge in [0.05, 0.1) is 19.2 Å². The standard InChI is InChI=1S/C26H21FN2O3/c1-32-21-12-8-19(9-13-21)23-24(28-15-14-18-4-2-3-5-22(18)28)26(31)29(25(23)30)16-17-6-10-20(27)11-7-17/h2-13H,14-16H2,1H3. The summed E-state index contributed by atoms with van der Waals surface area (Å²) >= 11 is 0. The van der Waals surface area contributed by atoms with Crippen LogP contribution in [0.4, 0.5) is 10.1 Å². The number of imide groups is 1. The van der Waals surface area contributed by atoms with E-state index < -0.39 is 0 Å². The van der Waals surface area contributed by atoms with Crippen LogP contribution in [0, 0.1) is 5.82 Å². The van der Waals surface area contributed by atoms with Crippen molar-refractivity contribution < 1.29 is 18.7 Å². The summed E-state index contributed by atoms with van der Waals surface area (Å²) in [6, 6.07) is 20.9. The van der Waals surface area contributed by atoms with Gasteiger partial charge in [0.25, 0.3) is 11.8 Å². The minimum atomic E-state index is -0.362. The molecular weight excluding hydrogens is 407 g/mol. The minimum absolute atomic E-state index is 0.0799. The molecule has 0 atom stereocenters. The number of benzene rings is 3. The van der Waals surface area contributed by atoms with E-state index in [2.05, 4.69) is 0 Å². The molecule has 3 aromatic carbocycles. The Hall–Kier alpha value is -3.93. The highest BCUT2D eigenvalue weighted by Gasteiger charge is 2.43. The molecule has 2 amide bonds. The van der Waals surface area contributed by atoms with E-state index >= 15 is 0 Å². The first-order valence-electron chi connectivity index (χ1n) is 10.4. The van der Waals surface area contributed by atoms with Gasteiger partial charge in [-0.15, -0.1) is 0 Å². The Bertz CT molecular complexity index is 1230. The molecule has 2 aliphatic heterocycles. The Kier molecular flexibility index (Phi) is 4.98. The lowest BCUT2D eigenvalue weighted by Gasteiger charge is -2.22. The third kappa shape index (κ3) is 3.34. The first-order chi connectivity index (χ1) is 15.6. The molecule has 0 aromatic heterocycles. The van der Waals surface area contributed by atoms with Crippen molar-refractivity contribution >= 4 is 23.1 Å². The Morgan fingerprint density at radius 1 is 0.906 bits per heavy atom. The van der Waals surface area contributed by atoms with Crippen LogP contribution in [0.15, 0.2) is 78.5 Å². The summed E-state index contributed by atoms with van der Waals surface area (Å²) in [5, 5.41) is 0. The molecule has 0 saturated carbocycles. The van der Waals surface area contributed by atoms with E-state index in [4.69, 9.17) is 4.74 Å². The van der Waals surface area contributed by atoms with Crippen LogP contribution in [0.25, 0.3) is 5.57 Å². The molecule has 5 rings (SSSR count). The number of ether oxygens (including phenoxy) is 1. The summed E-state index contributed by atoms with van der Waals surface area (Å²) < 4.78 is 18.6. The van der Waals surface area contributed by atoms with Crippen LogP contribution in [-0.4, -0.2) is 30.4 Å². The number of anilines is 1. The van der Waals surface area contributed by atoms with Gasteiger partial charge >= 0.3 is 0 Å².